The maximum absolute atomic E-state index is 11.9. The highest BCUT2D eigenvalue weighted by atomic mass is 16.7. The Morgan fingerprint density at radius 2 is 1.46 bits per heavy atom. The molecule has 0 saturated carbocycles. The van der Waals surface area contributed by atoms with Gasteiger partial charge in [0.05, 0.1) is 19.1 Å². The van der Waals surface area contributed by atoms with Crippen molar-refractivity contribution in [1.29, 1.82) is 0 Å². The minimum Gasteiger partial charge on any atom is -0.465 e. The molecule has 5 nitrogen and oxygen atoms in total. The largest absolute Gasteiger partial charge is 0.513 e. The second kappa shape index (κ2) is 10.2. The fourth-order valence-electron chi connectivity index (χ4n) is 2.23. The monoisotopic (exact) mass is 356 g/mol. The number of esters is 1. The van der Waals surface area contributed by atoms with E-state index in [1.165, 1.54) is 0 Å². The molecule has 0 atom stereocenters. The van der Waals surface area contributed by atoms with Crippen molar-refractivity contribution in [2.75, 3.05) is 13.2 Å². The van der Waals surface area contributed by atoms with Gasteiger partial charge in [-0.1, -0.05) is 62.4 Å². The third-order valence-electron chi connectivity index (χ3n) is 3.64. The van der Waals surface area contributed by atoms with E-state index in [2.05, 4.69) is 0 Å². The Bertz CT molecular complexity index is 709. The standard InChI is InChI=1S/C21H24O5/c1-16(2)20(22)24-14-8-9-15-25-21(23)26-19-13-7-6-12-18(19)17-10-4-3-5-11-17/h3-7,10-13,16H,8-9,14-15H2,1-2H3. The molecule has 0 radical (unpaired) electrons. The molecule has 2 aromatic rings. The zero-order valence-electron chi connectivity index (χ0n) is 15.1. The summed E-state index contributed by atoms with van der Waals surface area (Å²) < 4.78 is 15.5. The molecule has 138 valence electrons. The number of hydrogen-bond acceptors (Lipinski definition) is 5. The molecule has 0 N–H and O–H groups in total. The zero-order valence-corrected chi connectivity index (χ0v) is 15.1. The predicted molar refractivity (Wildman–Crippen MR) is 98.9 cm³/mol. The van der Waals surface area contributed by atoms with E-state index >= 15 is 0 Å². The molecule has 0 amide bonds. The first-order valence-electron chi connectivity index (χ1n) is 8.73. The number of benzene rings is 2. The van der Waals surface area contributed by atoms with E-state index in [-0.39, 0.29) is 18.5 Å². The van der Waals surface area contributed by atoms with Crippen molar-refractivity contribution in [3.05, 3.63) is 54.6 Å². The van der Waals surface area contributed by atoms with Crippen LogP contribution in [0.25, 0.3) is 11.1 Å². The van der Waals surface area contributed by atoms with Gasteiger partial charge in [-0.3, -0.25) is 4.79 Å². The van der Waals surface area contributed by atoms with Crippen molar-refractivity contribution in [3.63, 3.8) is 0 Å². The van der Waals surface area contributed by atoms with Crippen LogP contribution in [-0.4, -0.2) is 25.3 Å². The molecule has 0 unspecified atom stereocenters. The Hall–Kier alpha value is -2.82. The molecule has 2 rings (SSSR count). The second-order valence-corrected chi connectivity index (χ2v) is 6.09. The van der Waals surface area contributed by atoms with Crippen LogP contribution in [0.3, 0.4) is 0 Å². The molecule has 0 bridgehead atoms. The Balaban J connectivity index is 1.76. The first kappa shape index (κ1) is 19.5. The van der Waals surface area contributed by atoms with Crippen LogP contribution in [0.4, 0.5) is 4.79 Å². The average Bonchev–Trinajstić information content (AvgIpc) is 2.65. The van der Waals surface area contributed by atoms with E-state index in [4.69, 9.17) is 14.2 Å². The van der Waals surface area contributed by atoms with E-state index < -0.39 is 6.16 Å². The Labute approximate surface area is 153 Å². The first-order chi connectivity index (χ1) is 12.6. The number of unbranched alkanes of at least 4 members (excludes halogenated alkanes) is 1. The van der Waals surface area contributed by atoms with E-state index in [1.54, 1.807) is 26.0 Å². The van der Waals surface area contributed by atoms with Gasteiger partial charge in [0, 0.05) is 5.56 Å². The second-order valence-electron chi connectivity index (χ2n) is 6.09. The lowest BCUT2D eigenvalue weighted by Crippen LogP contribution is -2.14. The van der Waals surface area contributed by atoms with E-state index in [0.29, 0.717) is 25.2 Å². The van der Waals surface area contributed by atoms with Crippen LogP contribution in [0.15, 0.2) is 54.6 Å². The van der Waals surface area contributed by atoms with Gasteiger partial charge in [0.1, 0.15) is 5.75 Å². The minimum absolute atomic E-state index is 0.133. The Morgan fingerprint density at radius 1 is 0.846 bits per heavy atom. The predicted octanol–water partition coefficient (Wildman–Crippen LogP) is 4.85. The fraction of sp³-hybridized carbons (Fsp3) is 0.333. The Morgan fingerprint density at radius 3 is 2.15 bits per heavy atom. The van der Waals surface area contributed by atoms with Gasteiger partial charge in [-0.15, -0.1) is 0 Å². The molecule has 0 saturated heterocycles. The summed E-state index contributed by atoms with van der Waals surface area (Å²) in [6.07, 6.45) is 0.486. The smallest absolute Gasteiger partial charge is 0.465 e. The van der Waals surface area contributed by atoms with Crippen LogP contribution in [-0.2, 0) is 14.3 Å². The summed E-state index contributed by atoms with van der Waals surface area (Å²) >= 11 is 0. The molecule has 0 fully saturated rings. The molecule has 0 spiro atoms. The molecule has 0 aromatic heterocycles. The van der Waals surface area contributed by atoms with Gasteiger partial charge in [-0.2, -0.15) is 0 Å². The summed E-state index contributed by atoms with van der Waals surface area (Å²) in [5.74, 6) is 0.100. The average molecular weight is 356 g/mol. The summed E-state index contributed by atoms with van der Waals surface area (Å²) in [7, 11) is 0. The van der Waals surface area contributed by atoms with E-state index in [1.807, 2.05) is 42.5 Å². The van der Waals surface area contributed by atoms with Crippen LogP contribution in [0.1, 0.15) is 26.7 Å². The lowest BCUT2D eigenvalue weighted by molar-refractivity contribution is -0.147. The third kappa shape index (κ3) is 6.24. The molecule has 0 heterocycles. The maximum Gasteiger partial charge on any atom is 0.513 e. The van der Waals surface area contributed by atoms with Crippen LogP contribution in [0.2, 0.25) is 0 Å². The quantitative estimate of drug-likeness (QED) is 0.384. The van der Waals surface area contributed by atoms with Crippen molar-refractivity contribution in [2.24, 2.45) is 5.92 Å². The highest BCUT2D eigenvalue weighted by Gasteiger charge is 2.11. The third-order valence-corrected chi connectivity index (χ3v) is 3.64. The van der Waals surface area contributed by atoms with Crippen molar-refractivity contribution < 1.29 is 23.8 Å². The summed E-state index contributed by atoms with van der Waals surface area (Å²) in [4.78, 5) is 23.2. The lowest BCUT2D eigenvalue weighted by atomic mass is 10.1. The Kier molecular flexibility index (Phi) is 7.68. The van der Waals surface area contributed by atoms with Gasteiger partial charge < -0.3 is 14.2 Å². The number of carbonyl (C=O) groups is 2. The van der Waals surface area contributed by atoms with Crippen molar-refractivity contribution in [3.8, 4) is 16.9 Å². The van der Waals surface area contributed by atoms with Gasteiger partial charge in [0.15, 0.2) is 0 Å². The fourth-order valence-corrected chi connectivity index (χ4v) is 2.23. The lowest BCUT2D eigenvalue weighted by Gasteiger charge is -2.10. The van der Waals surface area contributed by atoms with Gasteiger partial charge in [0.2, 0.25) is 0 Å². The summed E-state index contributed by atoms with van der Waals surface area (Å²) in [5, 5.41) is 0. The highest BCUT2D eigenvalue weighted by Crippen LogP contribution is 2.29. The van der Waals surface area contributed by atoms with E-state index in [9.17, 15) is 9.59 Å². The molecule has 2 aromatic carbocycles. The molecule has 0 aliphatic heterocycles. The van der Waals surface area contributed by atoms with E-state index in [0.717, 1.165) is 11.1 Å². The van der Waals surface area contributed by atoms with Gasteiger partial charge in [0.25, 0.3) is 0 Å². The highest BCUT2D eigenvalue weighted by molar-refractivity contribution is 5.74. The maximum atomic E-state index is 11.9. The number of hydrogen-bond donors (Lipinski definition) is 0. The van der Waals surface area contributed by atoms with Gasteiger partial charge >= 0.3 is 12.1 Å². The zero-order chi connectivity index (χ0) is 18.8. The minimum atomic E-state index is -0.743. The number of rotatable bonds is 8. The summed E-state index contributed by atoms with van der Waals surface area (Å²) in [5.41, 5.74) is 1.79. The molecular formula is C21H24O5. The molecular weight excluding hydrogens is 332 g/mol. The molecule has 0 aliphatic rings. The van der Waals surface area contributed by atoms with Crippen LogP contribution in [0.5, 0.6) is 5.75 Å². The van der Waals surface area contributed by atoms with Crippen LogP contribution >= 0.6 is 0 Å². The summed E-state index contributed by atoms with van der Waals surface area (Å²) in [6, 6.07) is 17.0. The van der Waals surface area contributed by atoms with Gasteiger partial charge in [-0.25, -0.2) is 4.79 Å². The number of para-hydroxylation sites is 1. The molecule has 5 heteroatoms. The first-order valence-corrected chi connectivity index (χ1v) is 8.73. The van der Waals surface area contributed by atoms with Crippen LogP contribution in [0, 0.1) is 5.92 Å². The van der Waals surface area contributed by atoms with Crippen molar-refractivity contribution in [1.82, 2.24) is 0 Å². The topological polar surface area (TPSA) is 61.8 Å². The SMILES string of the molecule is CC(C)C(=O)OCCCCOC(=O)Oc1ccccc1-c1ccccc1. The van der Waals surface area contributed by atoms with Crippen LogP contribution < -0.4 is 4.74 Å². The molecule has 26 heavy (non-hydrogen) atoms. The number of ether oxygens (including phenoxy) is 3. The number of carbonyl (C=O) groups excluding carboxylic acids is 2. The molecule has 0 aliphatic carbocycles. The van der Waals surface area contributed by atoms with Crippen molar-refractivity contribution in [2.45, 2.75) is 26.7 Å². The van der Waals surface area contributed by atoms with Gasteiger partial charge in [-0.05, 0) is 24.5 Å². The summed E-state index contributed by atoms with van der Waals surface area (Å²) in [6.45, 7) is 4.11. The van der Waals surface area contributed by atoms with Crippen molar-refractivity contribution >= 4 is 12.1 Å². The normalized spacial score (nSPS) is 10.4.